The minimum Gasteiger partial charge on any atom is -0.329 e. The summed E-state index contributed by atoms with van der Waals surface area (Å²) in [5.41, 5.74) is 2.72. The van der Waals surface area contributed by atoms with Crippen LogP contribution in [0, 0.1) is 11.6 Å². The summed E-state index contributed by atoms with van der Waals surface area (Å²) in [6.07, 6.45) is 7.07. The van der Waals surface area contributed by atoms with E-state index in [0.717, 1.165) is 6.07 Å². The molecular weight excluding hydrogens is 367 g/mol. The van der Waals surface area contributed by atoms with Crippen molar-refractivity contribution < 1.29 is 13.2 Å². The Morgan fingerprint density at radius 2 is 2.04 bits per heavy atom. The molecule has 0 radical (unpaired) electrons. The molecular formula is C18H11ClF3N3O. The van der Waals surface area contributed by atoms with E-state index >= 15 is 0 Å². The van der Waals surface area contributed by atoms with Gasteiger partial charge in [0.2, 0.25) is 0 Å². The fraction of sp³-hybridized carbons (Fsp3) is 0.0556. The predicted octanol–water partition coefficient (Wildman–Crippen LogP) is 2.33. The molecule has 2 heterocycles. The Morgan fingerprint density at radius 3 is 2.81 bits per heavy atom. The Morgan fingerprint density at radius 1 is 1.23 bits per heavy atom. The van der Waals surface area contributed by atoms with Crippen molar-refractivity contribution in [1.82, 2.24) is 9.99 Å². The van der Waals surface area contributed by atoms with E-state index in [1.807, 2.05) is 0 Å². The van der Waals surface area contributed by atoms with E-state index < -0.39 is 23.5 Å². The van der Waals surface area contributed by atoms with E-state index in [9.17, 15) is 18.0 Å². The number of rotatable bonds is 2. The number of nitrogens with one attached hydrogen (secondary N) is 2. The molecule has 1 aromatic heterocycles. The first-order valence-electron chi connectivity index (χ1n) is 7.63. The molecule has 8 heteroatoms. The number of hydrogen-bond acceptors (Lipinski definition) is 3. The van der Waals surface area contributed by atoms with Gasteiger partial charge in [-0.05, 0) is 29.9 Å². The molecule has 1 aliphatic carbocycles. The van der Waals surface area contributed by atoms with Crippen molar-refractivity contribution in [1.29, 1.82) is 0 Å². The summed E-state index contributed by atoms with van der Waals surface area (Å²) >= 11 is 5.94. The van der Waals surface area contributed by atoms with Crippen LogP contribution in [-0.2, 0) is 0 Å². The summed E-state index contributed by atoms with van der Waals surface area (Å²) in [5, 5.41) is 2.19. The van der Waals surface area contributed by atoms with Crippen molar-refractivity contribution in [2.24, 2.45) is 0 Å². The molecule has 132 valence electrons. The average Bonchev–Trinajstić information content (AvgIpc) is 2.57. The van der Waals surface area contributed by atoms with E-state index in [2.05, 4.69) is 10.4 Å². The maximum Gasteiger partial charge on any atom is 0.256 e. The van der Waals surface area contributed by atoms with Crippen LogP contribution < -0.4 is 21.4 Å². The molecule has 0 saturated heterocycles. The number of fused-ring (bicyclic) bond motifs is 2. The van der Waals surface area contributed by atoms with Crippen molar-refractivity contribution in [3.8, 4) is 0 Å². The highest BCUT2D eigenvalue weighted by molar-refractivity contribution is 6.33. The van der Waals surface area contributed by atoms with Gasteiger partial charge < -0.3 is 4.98 Å². The van der Waals surface area contributed by atoms with Crippen molar-refractivity contribution in [2.45, 2.75) is 6.04 Å². The smallest absolute Gasteiger partial charge is 0.256 e. The fourth-order valence-electron chi connectivity index (χ4n) is 3.04. The van der Waals surface area contributed by atoms with Crippen LogP contribution in [0.25, 0.3) is 11.8 Å². The Kier molecular flexibility index (Phi) is 3.88. The molecule has 26 heavy (non-hydrogen) atoms. The Labute approximate surface area is 150 Å². The van der Waals surface area contributed by atoms with Crippen LogP contribution in [0.1, 0.15) is 0 Å². The quantitative estimate of drug-likeness (QED) is 0.844. The van der Waals surface area contributed by atoms with Crippen LogP contribution in [0.4, 0.5) is 18.9 Å². The number of anilines is 1. The first-order valence-corrected chi connectivity index (χ1v) is 8.00. The molecule has 0 saturated carbocycles. The number of benzene rings is 1. The second kappa shape index (κ2) is 6.10. The maximum atomic E-state index is 14.1. The number of H-pyrrole nitrogens is 1. The largest absolute Gasteiger partial charge is 0.329 e. The summed E-state index contributed by atoms with van der Waals surface area (Å²) in [7, 11) is 0. The van der Waals surface area contributed by atoms with E-state index in [1.165, 1.54) is 29.4 Å². The predicted molar refractivity (Wildman–Crippen MR) is 93.1 cm³/mol. The minimum absolute atomic E-state index is 0.125. The molecule has 1 atom stereocenters. The molecule has 1 aromatic carbocycles. The normalized spacial score (nSPS) is 18.0. The van der Waals surface area contributed by atoms with Gasteiger partial charge in [0.05, 0.1) is 16.3 Å². The molecule has 2 aliphatic rings. The second-order valence-corrected chi connectivity index (χ2v) is 6.23. The monoisotopic (exact) mass is 377 g/mol. The molecule has 2 aromatic rings. The van der Waals surface area contributed by atoms with Crippen molar-refractivity contribution in [3.05, 3.63) is 85.9 Å². The van der Waals surface area contributed by atoms with Gasteiger partial charge in [-0.25, -0.2) is 13.2 Å². The Hall–Kier alpha value is -2.93. The number of allylic oxidation sites excluding steroid dienone is 2. The maximum absolute atomic E-state index is 14.1. The summed E-state index contributed by atoms with van der Waals surface area (Å²) in [4.78, 5) is 14.8. The zero-order valence-electron chi connectivity index (χ0n) is 13.1. The van der Waals surface area contributed by atoms with Crippen molar-refractivity contribution >= 4 is 29.1 Å². The number of halogens is 4. The van der Waals surface area contributed by atoms with Gasteiger partial charge in [0.15, 0.2) is 5.82 Å². The Balaban J connectivity index is 1.88. The summed E-state index contributed by atoms with van der Waals surface area (Å²) in [6.45, 7) is 0. The molecule has 0 bridgehead atoms. The molecule has 4 rings (SSSR count). The number of hydrogen-bond donors (Lipinski definition) is 2. The molecule has 0 fully saturated rings. The van der Waals surface area contributed by atoms with Crippen LogP contribution in [0.15, 0.2) is 53.2 Å². The molecule has 1 unspecified atom stereocenters. The highest BCUT2D eigenvalue weighted by Gasteiger charge is 2.26. The molecule has 2 N–H and O–H groups in total. The number of aromatic nitrogens is 1. The van der Waals surface area contributed by atoms with Crippen molar-refractivity contribution in [2.75, 3.05) is 5.43 Å². The van der Waals surface area contributed by atoms with Crippen LogP contribution in [-0.4, -0.2) is 16.0 Å². The van der Waals surface area contributed by atoms with E-state index in [-0.39, 0.29) is 16.3 Å². The van der Waals surface area contributed by atoms with Crippen LogP contribution in [0.3, 0.4) is 0 Å². The summed E-state index contributed by atoms with van der Waals surface area (Å²) in [5.74, 6) is -2.17. The third kappa shape index (κ3) is 2.70. The highest BCUT2D eigenvalue weighted by Crippen LogP contribution is 2.30. The molecule has 0 spiro atoms. The van der Waals surface area contributed by atoms with Crippen LogP contribution in [0.2, 0.25) is 5.02 Å². The zero-order valence-corrected chi connectivity index (χ0v) is 13.8. The standard InChI is InChI=1S/C18H11ClF3N3O/c19-13-6-11(21)7-14(22)17(13)24-25-8-9-3-4-23-18(26)16(9)12-5-10(20)1-2-15(12)25/h1-8,15,24H,(H,23,26). The number of nitrogens with zero attached hydrogens (tertiary/aromatic N) is 1. The van der Waals surface area contributed by atoms with Gasteiger partial charge in [-0.1, -0.05) is 17.7 Å². The lowest BCUT2D eigenvalue weighted by Crippen LogP contribution is -2.52. The topological polar surface area (TPSA) is 48.1 Å². The third-order valence-corrected chi connectivity index (χ3v) is 4.46. The average molecular weight is 378 g/mol. The highest BCUT2D eigenvalue weighted by atomic mass is 35.5. The summed E-state index contributed by atoms with van der Waals surface area (Å²) in [6, 6.07) is 2.75. The molecule has 0 amide bonds. The van der Waals surface area contributed by atoms with Gasteiger partial charge in [-0.15, -0.1) is 0 Å². The lowest BCUT2D eigenvalue weighted by molar-refractivity contribution is 0.462. The first-order chi connectivity index (χ1) is 12.4. The van der Waals surface area contributed by atoms with Crippen molar-refractivity contribution in [3.63, 3.8) is 0 Å². The van der Waals surface area contributed by atoms with E-state index in [0.29, 0.717) is 22.1 Å². The summed E-state index contributed by atoms with van der Waals surface area (Å²) < 4.78 is 41.2. The van der Waals surface area contributed by atoms with E-state index in [4.69, 9.17) is 11.6 Å². The minimum atomic E-state index is -0.872. The van der Waals surface area contributed by atoms with Gasteiger partial charge in [0.25, 0.3) is 5.56 Å². The molecule has 4 nitrogen and oxygen atoms in total. The second-order valence-electron chi connectivity index (χ2n) is 5.82. The van der Waals surface area contributed by atoms with Gasteiger partial charge in [-0.3, -0.25) is 15.2 Å². The van der Waals surface area contributed by atoms with Gasteiger partial charge in [-0.2, -0.15) is 0 Å². The SMILES string of the molecule is O=c1[nH]ccc2c1=C1C=C(F)C=CC1N(Nc1c(F)cc(F)cc1Cl)C=2. The van der Waals surface area contributed by atoms with Gasteiger partial charge in [0, 0.05) is 23.7 Å². The number of aromatic amines is 1. The fourth-order valence-corrected chi connectivity index (χ4v) is 3.28. The number of pyridine rings is 1. The zero-order chi connectivity index (χ0) is 18.4. The first kappa shape index (κ1) is 16.5. The van der Waals surface area contributed by atoms with E-state index in [1.54, 1.807) is 12.3 Å². The third-order valence-electron chi connectivity index (χ3n) is 4.16. The Bertz CT molecular complexity index is 1130. The molecule has 1 aliphatic heterocycles. The lowest BCUT2D eigenvalue weighted by atomic mass is 9.96. The number of hydrazine groups is 1. The van der Waals surface area contributed by atoms with Gasteiger partial charge in [0.1, 0.15) is 17.3 Å². The lowest BCUT2D eigenvalue weighted by Gasteiger charge is -2.34. The van der Waals surface area contributed by atoms with Gasteiger partial charge >= 0.3 is 0 Å². The van der Waals surface area contributed by atoms with Crippen LogP contribution in [0.5, 0.6) is 0 Å². The van der Waals surface area contributed by atoms with Crippen LogP contribution >= 0.6 is 11.6 Å².